The highest BCUT2D eigenvalue weighted by molar-refractivity contribution is 5.69. The molecule has 0 bridgehead atoms. The molecule has 1 aliphatic rings. The molecule has 6 heteroatoms. The molecular weight excluding hydrogens is 610 g/mol. The van der Waals surface area contributed by atoms with E-state index in [1.807, 2.05) is 0 Å². The Bertz CT molecular complexity index is 722. The van der Waals surface area contributed by atoms with Gasteiger partial charge in [-0.1, -0.05) is 136 Å². The number of aliphatic hydroxyl groups is 1. The van der Waals surface area contributed by atoms with Crippen molar-refractivity contribution in [1.29, 1.82) is 0 Å². The van der Waals surface area contributed by atoms with Crippen LogP contribution in [0.5, 0.6) is 0 Å². The van der Waals surface area contributed by atoms with Crippen molar-refractivity contribution in [2.45, 2.75) is 232 Å². The van der Waals surface area contributed by atoms with E-state index >= 15 is 0 Å². The van der Waals surface area contributed by atoms with Gasteiger partial charge in [0, 0.05) is 19.4 Å². The van der Waals surface area contributed by atoms with Crippen molar-refractivity contribution >= 4 is 11.9 Å². The predicted octanol–water partition coefficient (Wildman–Crippen LogP) is 11.9. The van der Waals surface area contributed by atoms with E-state index in [2.05, 4.69) is 25.7 Å². The number of hydrogen-bond donors (Lipinski definition) is 1. The third-order valence-electron chi connectivity index (χ3n) is 10.7. The Morgan fingerprint density at radius 2 is 1.06 bits per heavy atom. The number of carbonyl (C=O) groups is 2. The van der Waals surface area contributed by atoms with Crippen LogP contribution in [0.4, 0.5) is 0 Å². The van der Waals surface area contributed by atoms with Crippen LogP contribution >= 0.6 is 0 Å². The van der Waals surface area contributed by atoms with Crippen LogP contribution in [0.3, 0.4) is 0 Å². The van der Waals surface area contributed by atoms with Gasteiger partial charge in [0.2, 0.25) is 0 Å². The van der Waals surface area contributed by atoms with Gasteiger partial charge in [-0.05, 0) is 89.6 Å². The van der Waals surface area contributed by atoms with Gasteiger partial charge in [0.05, 0.1) is 6.61 Å². The molecule has 6 nitrogen and oxygen atoms in total. The fraction of sp³-hybridized carbons (Fsp3) is 0.953. The molecule has 1 aliphatic carbocycles. The molecule has 0 aromatic rings. The molecule has 0 heterocycles. The Hall–Kier alpha value is -1.14. The van der Waals surface area contributed by atoms with Crippen LogP contribution in [0.15, 0.2) is 0 Å². The molecule has 1 N–H and O–H groups in total. The number of ether oxygens (including phenoxy) is 2. The van der Waals surface area contributed by atoms with E-state index in [-0.39, 0.29) is 30.8 Å². The van der Waals surface area contributed by atoms with Crippen molar-refractivity contribution in [2.24, 2.45) is 5.92 Å². The summed E-state index contributed by atoms with van der Waals surface area (Å²) in [5, 5.41) is 9.54. The summed E-state index contributed by atoms with van der Waals surface area (Å²) in [6, 6.07) is 0. The highest BCUT2D eigenvalue weighted by Crippen LogP contribution is 2.30. The Balaban J connectivity index is 2.15. The first kappa shape index (κ1) is 45.9. The zero-order valence-electron chi connectivity index (χ0n) is 33.0. The summed E-state index contributed by atoms with van der Waals surface area (Å²) in [4.78, 5) is 27.4. The molecule has 0 saturated heterocycles. The minimum Gasteiger partial charge on any atom is -0.462 e. The molecular formula is C43H83NO5. The normalized spacial score (nSPS) is 16.4. The van der Waals surface area contributed by atoms with Gasteiger partial charge in [-0.3, -0.25) is 9.59 Å². The zero-order valence-corrected chi connectivity index (χ0v) is 33.0. The summed E-state index contributed by atoms with van der Waals surface area (Å²) in [5.74, 6) is 0.790. The average Bonchev–Trinajstić information content (AvgIpc) is 3.09. The molecule has 0 aliphatic heterocycles. The largest absolute Gasteiger partial charge is 0.462 e. The van der Waals surface area contributed by atoms with E-state index in [9.17, 15) is 14.7 Å². The van der Waals surface area contributed by atoms with Crippen molar-refractivity contribution in [3.63, 3.8) is 0 Å². The van der Waals surface area contributed by atoms with Gasteiger partial charge < -0.3 is 19.5 Å². The van der Waals surface area contributed by atoms with Gasteiger partial charge >= 0.3 is 11.9 Å². The molecule has 49 heavy (non-hydrogen) atoms. The lowest BCUT2D eigenvalue weighted by Gasteiger charge is -2.28. The topological polar surface area (TPSA) is 76.1 Å². The van der Waals surface area contributed by atoms with Gasteiger partial charge in [-0.25, -0.2) is 0 Å². The van der Waals surface area contributed by atoms with Crippen LogP contribution < -0.4 is 0 Å². The van der Waals surface area contributed by atoms with Gasteiger partial charge in [-0.15, -0.1) is 0 Å². The molecule has 1 fully saturated rings. The van der Waals surface area contributed by atoms with E-state index in [0.29, 0.717) is 19.4 Å². The van der Waals surface area contributed by atoms with Crippen LogP contribution in [0.1, 0.15) is 220 Å². The summed E-state index contributed by atoms with van der Waals surface area (Å²) in [5.41, 5.74) is 0. The van der Waals surface area contributed by atoms with Crippen molar-refractivity contribution in [2.75, 3.05) is 26.2 Å². The summed E-state index contributed by atoms with van der Waals surface area (Å²) in [7, 11) is 0. The van der Waals surface area contributed by atoms with Crippen LogP contribution in [0.25, 0.3) is 0 Å². The Kier molecular flexibility index (Phi) is 31.8. The third-order valence-corrected chi connectivity index (χ3v) is 10.7. The van der Waals surface area contributed by atoms with Crippen LogP contribution in [0.2, 0.25) is 0 Å². The molecule has 0 radical (unpaired) electrons. The van der Waals surface area contributed by atoms with Gasteiger partial charge in [0.15, 0.2) is 0 Å². The lowest BCUT2D eigenvalue weighted by atomic mass is 9.84. The molecule has 0 atom stereocenters. The fourth-order valence-corrected chi connectivity index (χ4v) is 7.51. The van der Waals surface area contributed by atoms with Crippen molar-refractivity contribution in [3.8, 4) is 0 Å². The summed E-state index contributed by atoms with van der Waals surface area (Å²) in [6.07, 6.45) is 35.9. The molecule has 0 amide bonds. The summed E-state index contributed by atoms with van der Waals surface area (Å²) < 4.78 is 11.8. The van der Waals surface area contributed by atoms with Gasteiger partial charge in [0.1, 0.15) is 12.2 Å². The quantitative estimate of drug-likeness (QED) is 0.0526. The monoisotopic (exact) mass is 694 g/mol. The number of nitrogens with zero attached hydrogens (tertiary/aromatic N) is 1. The van der Waals surface area contributed by atoms with E-state index in [1.165, 1.54) is 122 Å². The maximum atomic E-state index is 12.7. The zero-order chi connectivity index (χ0) is 35.6. The lowest BCUT2D eigenvalue weighted by molar-refractivity contribution is -0.151. The highest BCUT2D eigenvalue weighted by Gasteiger charge is 2.23. The van der Waals surface area contributed by atoms with Gasteiger partial charge in [-0.2, -0.15) is 0 Å². The summed E-state index contributed by atoms with van der Waals surface area (Å²) >= 11 is 0. The second-order valence-electron chi connectivity index (χ2n) is 15.4. The average molecular weight is 694 g/mol. The first-order valence-electron chi connectivity index (χ1n) is 21.7. The Labute approximate surface area is 304 Å². The fourth-order valence-electron chi connectivity index (χ4n) is 7.51. The number of esters is 2. The molecule has 1 saturated carbocycles. The lowest BCUT2D eigenvalue weighted by Crippen LogP contribution is -2.30. The molecule has 290 valence electrons. The van der Waals surface area contributed by atoms with Crippen LogP contribution in [-0.4, -0.2) is 60.4 Å². The minimum atomic E-state index is -0.0478. The number of carbonyl (C=O) groups excluding carboxylic acids is 2. The van der Waals surface area contributed by atoms with Gasteiger partial charge in [0.25, 0.3) is 0 Å². The second kappa shape index (κ2) is 34.0. The number of hydrogen-bond acceptors (Lipinski definition) is 6. The molecule has 0 spiro atoms. The Morgan fingerprint density at radius 1 is 0.571 bits per heavy atom. The maximum Gasteiger partial charge on any atom is 0.306 e. The smallest absolute Gasteiger partial charge is 0.306 e. The van der Waals surface area contributed by atoms with E-state index in [4.69, 9.17) is 9.47 Å². The van der Waals surface area contributed by atoms with Crippen molar-refractivity contribution < 1.29 is 24.2 Å². The van der Waals surface area contributed by atoms with Crippen LogP contribution in [0, 0.1) is 5.92 Å². The highest BCUT2D eigenvalue weighted by atomic mass is 16.5. The number of unbranched alkanes of at least 4 members (excludes halogenated alkanes) is 17. The molecule has 1 rings (SSSR count). The third kappa shape index (κ3) is 28.2. The van der Waals surface area contributed by atoms with E-state index in [0.717, 1.165) is 83.2 Å². The van der Waals surface area contributed by atoms with Crippen molar-refractivity contribution in [3.05, 3.63) is 0 Å². The van der Waals surface area contributed by atoms with Crippen LogP contribution in [-0.2, 0) is 19.1 Å². The Morgan fingerprint density at radius 3 is 1.65 bits per heavy atom. The first-order chi connectivity index (χ1) is 24.0. The summed E-state index contributed by atoms with van der Waals surface area (Å²) in [6.45, 7) is 9.39. The standard InChI is InChI=1S/C43H83NO5/c1-4-7-10-12-16-21-27-40(28-22-17-13-11-8-5-2)48-42(46)29-23-18-14-15-19-24-35-44(37-38-45)36-25-30-43(47)49-41-33-31-39(32-34-41)26-20-9-6-3/h39-41,45H,4-38H2,1-3H3. The SMILES string of the molecule is CCCCCCCCC(CCCCCCCC)OC(=O)CCCCCCCCN(CCO)CCCC(=O)OC1CCC(CCCCC)CC1. The first-order valence-corrected chi connectivity index (χ1v) is 21.7. The molecule has 0 aromatic heterocycles. The number of rotatable bonds is 35. The molecule has 0 aromatic carbocycles. The predicted molar refractivity (Wildman–Crippen MR) is 207 cm³/mol. The second-order valence-corrected chi connectivity index (χ2v) is 15.4. The minimum absolute atomic E-state index is 0.00989. The van der Waals surface area contributed by atoms with E-state index < -0.39 is 0 Å². The molecule has 0 unspecified atom stereocenters. The number of aliphatic hydroxyl groups excluding tert-OH is 1. The van der Waals surface area contributed by atoms with Crippen molar-refractivity contribution in [1.82, 2.24) is 4.90 Å². The maximum absolute atomic E-state index is 12.7. The van der Waals surface area contributed by atoms with E-state index in [1.54, 1.807) is 0 Å².